The van der Waals surface area contributed by atoms with Gasteiger partial charge in [0.15, 0.2) is 0 Å². The van der Waals surface area contributed by atoms with Crippen LogP contribution in [0.2, 0.25) is 0 Å². The third-order valence-corrected chi connectivity index (χ3v) is 4.19. The molecule has 0 bridgehead atoms. The number of rotatable bonds is 17. The molecule has 0 aliphatic carbocycles. The van der Waals surface area contributed by atoms with Crippen molar-refractivity contribution in [3.63, 3.8) is 0 Å². The molecule has 0 saturated carbocycles. The molecule has 0 unspecified atom stereocenters. The molecule has 0 nitrogen and oxygen atoms in total. The van der Waals surface area contributed by atoms with Crippen molar-refractivity contribution in [1.82, 2.24) is 0 Å². The Balaban J connectivity index is 3.04. The van der Waals surface area contributed by atoms with E-state index in [4.69, 9.17) is 6.58 Å². The molecule has 127 valence electrons. The van der Waals surface area contributed by atoms with Crippen molar-refractivity contribution in [3.05, 3.63) is 37.0 Å². The van der Waals surface area contributed by atoms with Crippen LogP contribution in [0.15, 0.2) is 30.4 Å². The molecule has 0 aliphatic rings. The van der Waals surface area contributed by atoms with Gasteiger partial charge in [-0.25, -0.2) is 0 Å². The number of allylic oxidation sites excluding steroid dienone is 5. The maximum atomic E-state index is 5.25. The Hall–Kier alpha value is -0.780. The molecule has 0 fully saturated rings. The number of unbranched alkanes of at least 4 members (excludes halogenated alkanes) is 14. The van der Waals surface area contributed by atoms with Crippen LogP contribution in [0.5, 0.6) is 0 Å². The highest BCUT2D eigenvalue weighted by molar-refractivity contribution is 5.07. The Labute approximate surface area is 140 Å². The minimum Gasteiger partial charge on any atom is -0.0845 e. The van der Waals surface area contributed by atoms with E-state index in [1.165, 1.54) is 96.3 Å². The standard InChI is InChI=1S/C22H39/c1-3-5-7-9-11-13-15-17-19-21-22-20-18-16-14-12-10-8-6-4-2/h1,3,5,7,9,11H,4,6,8,10,12-22H2,2H3. The zero-order valence-corrected chi connectivity index (χ0v) is 15.1. The smallest absolute Gasteiger partial charge is 0.0348 e. The molecule has 0 spiro atoms. The number of hydrogen-bond donors (Lipinski definition) is 0. The van der Waals surface area contributed by atoms with Gasteiger partial charge in [0.1, 0.15) is 0 Å². The molecule has 0 aliphatic heterocycles. The molecule has 0 heterocycles. The van der Waals surface area contributed by atoms with E-state index in [0.717, 1.165) is 0 Å². The van der Waals surface area contributed by atoms with Gasteiger partial charge in [0.25, 0.3) is 0 Å². The van der Waals surface area contributed by atoms with Crippen LogP contribution in [0, 0.1) is 6.58 Å². The van der Waals surface area contributed by atoms with Gasteiger partial charge in [-0.15, -0.1) is 0 Å². The summed E-state index contributed by atoms with van der Waals surface area (Å²) in [6.45, 7) is 7.54. The van der Waals surface area contributed by atoms with E-state index in [9.17, 15) is 0 Å². The van der Waals surface area contributed by atoms with Gasteiger partial charge in [-0.3, -0.25) is 0 Å². The molecule has 0 amide bonds. The van der Waals surface area contributed by atoms with Crippen LogP contribution < -0.4 is 0 Å². The van der Waals surface area contributed by atoms with E-state index in [1.54, 1.807) is 6.08 Å². The fourth-order valence-corrected chi connectivity index (χ4v) is 2.76. The Morgan fingerprint density at radius 3 is 1.45 bits per heavy atom. The maximum Gasteiger partial charge on any atom is -0.0348 e. The molecule has 0 aromatic carbocycles. The van der Waals surface area contributed by atoms with Crippen molar-refractivity contribution in [2.45, 2.75) is 103 Å². The van der Waals surface area contributed by atoms with Crippen LogP contribution >= 0.6 is 0 Å². The summed E-state index contributed by atoms with van der Waals surface area (Å²) < 4.78 is 0. The molecule has 0 rings (SSSR count). The summed E-state index contributed by atoms with van der Waals surface area (Å²) in [4.78, 5) is 0. The fraction of sp³-hybridized carbons (Fsp3) is 0.727. The molecule has 0 N–H and O–H groups in total. The van der Waals surface area contributed by atoms with Crippen LogP contribution in [-0.2, 0) is 0 Å². The Morgan fingerprint density at radius 1 is 0.545 bits per heavy atom. The van der Waals surface area contributed by atoms with Crippen molar-refractivity contribution < 1.29 is 0 Å². The zero-order valence-electron chi connectivity index (χ0n) is 15.1. The number of hydrogen-bond acceptors (Lipinski definition) is 0. The van der Waals surface area contributed by atoms with E-state index >= 15 is 0 Å². The highest BCUT2D eigenvalue weighted by Crippen LogP contribution is 2.13. The van der Waals surface area contributed by atoms with Gasteiger partial charge >= 0.3 is 0 Å². The second kappa shape index (κ2) is 20.2. The van der Waals surface area contributed by atoms with Gasteiger partial charge in [0, 0.05) is 0 Å². The first kappa shape index (κ1) is 21.2. The van der Waals surface area contributed by atoms with Crippen LogP contribution in [0.1, 0.15) is 103 Å². The summed E-state index contributed by atoms with van der Waals surface area (Å²) in [5.41, 5.74) is 0. The molecule has 0 atom stereocenters. The first-order valence-electron chi connectivity index (χ1n) is 9.78. The van der Waals surface area contributed by atoms with E-state index < -0.39 is 0 Å². The predicted molar refractivity (Wildman–Crippen MR) is 102 cm³/mol. The van der Waals surface area contributed by atoms with Gasteiger partial charge < -0.3 is 0 Å². The molecule has 0 saturated heterocycles. The summed E-state index contributed by atoms with van der Waals surface area (Å²) in [5, 5.41) is 0. The van der Waals surface area contributed by atoms with Crippen molar-refractivity contribution in [2.24, 2.45) is 0 Å². The molecular formula is C22H39. The van der Waals surface area contributed by atoms with Gasteiger partial charge in [-0.1, -0.05) is 127 Å². The summed E-state index contributed by atoms with van der Waals surface area (Å²) in [6.07, 6.45) is 31.0. The lowest BCUT2D eigenvalue weighted by Gasteiger charge is -2.02. The van der Waals surface area contributed by atoms with E-state index in [0.29, 0.717) is 0 Å². The second-order valence-electron chi connectivity index (χ2n) is 6.39. The summed E-state index contributed by atoms with van der Waals surface area (Å²) >= 11 is 0. The average Bonchev–Trinajstić information content (AvgIpc) is 2.54. The lowest BCUT2D eigenvalue weighted by Crippen LogP contribution is -1.83. The topological polar surface area (TPSA) is 0 Å². The van der Waals surface area contributed by atoms with Crippen molar-refractivity contribution in [3.8, 4) is 0 Å². The maximum absolute atomic E-state index is 5.25. The van der Waals surface area contributed by atoms with Crippen LogP contribution in [0.4, 0.5) is 0 Å². The van der Waals surface area contributed by atoms with E-state index in [1.807, 2.05) is 12.2 Å². The van der Waals surface area contributed by atoms with Gasteiger partial charge in [-0.2, -0.15) is 0 Å². The Kier molecular flexibility index (Phi) is 19.5. The summed E-state index contributed by atoms with van der Waals surface area (Å²) in [5.74, 6) is 0. The fourth-order valence-electron chi connectivity index (χ4n) is 2.76. The second-order valence-corrected chi connectivity index (χ2v) is 6.39. The monoisotopic (exact) mass is 303 g/mol. The zero-order chi connectivity index (χ0) is 16.1. The van der Waals surface area contributed by atoms with Gasteiger partial charge in [-0.05, 0) is 12.8 Å². The summed E-state index contributed by atoms with van der Waals surface area (Å²) in [6, 6.07) is 0. The Bertz CT molecular complexity index is 259. The van der Waals surface area contributed by atoms with Crippen LogP contribution in [-0.4, -0.2) is 0 Å². The van der Waals surface area contributed by atoms with E-state index in [2.05, 4.69) is 19.1 Å². The van der Waals surface area contributed by atoms with Crippen LogP contribution in [0.3, 0.4) is 0 Å². The third-order valence-electron chi connectivity index (χ3n) is 4.19. The van der Waals surface area contributed by atoms with Crippen LogP contribution in [0.25, 0.3) is 0 Å². The first-order chi connectivity index (χ1) is 10.9. The molecule has 1 radical (unpaired) electrons. The molecular weight excluding hydrogens is 264 g/mol. The molecule has 0 heteroatoms. The molecule has 0 aromatic heterocycles. The molecule has 22 heavy (non-hydrogen) atoms. The molecule has 0 aromatic rings. The van der Waals surface area contributed by atoms with Gasteiger partial charge in [0.2, 0.25) is 0 Å². The normalized spacial score (nSPS) is 11.7. The van der Waals surface area contributed by atoms with Gasteiger partial charge in [0.05, 0.1) is 0 Å². The van der Waals surface area contributed by atoms with Crippen molar-refractivity contribution >= 4 is 0 Å². The lowest BCUT2D eigenvalue weighted by molar-refractivity contribution is 0.536. The predicted octanol–water partition coefficient (Wildman–Crippen LogP) is 7.96. The SMILES string of the molecule is [CH]=CC=CC=CCCCCCCCCCCCCCCCC. The highest BCUT2D eigenvalue weighted by atomic mass is 14.0. The average molecular weight is 304 g/mol. The minimum absolute atomic E-state index is 1.20. The van der Waals surface area contributed by atoms with Crippen molar-refractivity contribution in [1.29, 1.82) is 0 Å². The quantitative estimate of drug-likeness (QED) is 0.189. The Morgan fingerprint density at radius 2 is 1.00 bits per heavy atom. The lowest BCUT2D eigenvalue weighted by atomic mass is 10.0. The third kappa shape index (κ3) is 19.2. The minimum atomic E-state index is 1.20. The summed E-state index contributed by atoms with van der Waals surface area (Å²) in [7, 11) is 0. The van der Waals surface area contributed by atoms with E-state index in [-0.39, 0.29) is 0 Å². The highest BCUT2D eigenvalue weighted by Gasteiger charge is 1.93. The largest absolute Gasteiger partial charge is 0.0845 e. The van der Waals surface area contributed by atoms with Crippen molar-refractivity contribution in [2.75, 3.05) is 0 Å². The first-order valence-corrected chi connectivity index (χ1v) is 9.78.